The van der Waals surface area contributed by atoms with E-state index in [1.807, 2.05) is 61.7 Å². The highest BCUT2D eigenvalue weighted by Gasteiger charge is 2.17. The van der Waals surface area contributed by atoms with Crippen LogP contribution in [0.5, 0.6) is 0 Å². The molecule has 0 saturated heterocycles. The lowest BCUT2D eigenvalue weighted by atomic mass is 10.1. The van der Waals surface area contributed by atoms with Crippen molar-refractivity contribution < 1.29 is 4.79 Å². The van der Waals surface area contributed by atoms with Crippen LogP contribution in [0.3, 0.4) is 0 Å². The Hall–Kier alpha value is -2.90. The number of amides is 1. The fourth-order valence-corrected chi connectivity index (χ4v) is 5.12. The average Bonchev–Trinajstić information content (AvgIpc) is 3.27. The van der Waals surface area contributed by atoms with E-state index in [1.165, 1.54) is 28.7 Å². The summed E-state index contributed by atoms with van der Waals surface area (Å²) in [7, 11) is 0. The van der Waals surface area contributed by atoms with E-state index in [1.54, 1.807) is 4.57 Å². The minimum atomic E-state index is -0.0931. The third kappa shape index (κ3) is 4.95. The minimum Gasteiger partial charge on any atom is -0.355 e. The van der Waals surface area contributed by atoms with Gasteiger partial charge in [-0.3, -0.25) is 14.2 Å². The molecule has 1 amide bonds. The lowest BCUT2D eigenvalue weighted by molar-refractivity contribution is -0.118. The van der Waals surface area contributed by atoms with Crippen molar-refractivity contribution in [3.63, 3.8) is 0 Å². The highest BCUT2D eigenvalue weighted by Crippen LogP contribution is 2.26. The number of thioether (sulfide) groups is 1. The van der Waals surface area contributed by atoms with E-state index < -0.39 is 0 Å². The molecule has 4 rings (SSSR count). The normalized spacial score (nSPS) is 11.1. The lowest BCUT2D eigenvalue weighted by Gasteiger charge is -2.15. The second-order valence-electron chi connectivity index (χ2n) is 7.62. The highest BCUT2D eigenvalue weighted by atomic mass is 32.2. The number of aromatic nitrogens is 2. The quantitative estimate of drug-likeness (QED) is 0.229. The Labute approximate surface area is 195 Å². The molecule has 0 bridgehead atoms. The zero-order chi connectivity index (χ0) is 22.5. The fraction of sp³-hybridized carbons (Fsp3) is 0.240. The Morgan fingerprint density at radius 2 is 1.91 bits per heavy atom. The first-order valence-corrected chi connectivity index (χ1v) is 12.4. The summed E-state index contributed by atoms with van der Waals surface area (Å²) in [5.74, 6) is 0.147. The smallest absolute Gasteiger partial charge is 0.276 e. The molecular formula is C25H25N3O2S2. The molecule has 7 heteroatoms. The molecule has 4 aromatic rings. The van der Waals surface area contributed by atoms with Crippen LogP contribution in [0.25, 0.3) is 15.9 Å². The molecule has 0 aliphatic heterocycles. The van der Waals surface area contributed by atoms with Crippen LogP contribution < -0.4 is 10.9 Å². The molecule has 0 aliphatic rings. The van der Waals surface area contributed by atoms with Crippen LogP contribution in [0.1, 0.15) is 23.1 Å². The van der Waals surface area contributed by atoms with Gasteiger partial charge in [0, 0.05) is 6.54 Å². The molecule has 0 atom stereocenters. The van der Waals surface area contributed by atoms with E-state index >= 15 is 0 Å². The molecule has 2 heterocycles. The van der Waals surface area contributed by atoms with Gasteiger partial charge in [-0.25, -0.2) is 4.98 Å². The minimum absolute atomic E-state index is 0.0600. The maximum absolute atomic E-state index is 13.3. The van der Waals surface area contributed by atoms with Gasteiger partial charge in [0.1, 0.15) is 4.70 Å². The number of carbonyl (C=O) groups excluding carboxylic acids is 1. The maximum Gasteiger partial charge on any atom is 0.276 e. The summed E-state index contributed by atoms with van der Waals surface area (Å²) in [6.07, 6.45) is 1.81. The van der Waals surface area contributed by atoms with E-state index in [0.717, 1.165) is 29.7 Å². The summed E-state index contributed by atoms with van der Waals surface area (Å²) in [4.78, 5) is 30.4. The number of fused-ring (bicyclic) bond motifs is 1. The summed E-state index contributed by atoms with van der Waals surface area (Å²) in [6.45, 7) is 4.65. The van der Waals surface area contributed by atoms with Crippen molar-refractivity contribution in [1.82, 2.24) is 14.9 Å². The van der Waals surface area contributed by atoms with E-state index in [2.05, 4.69) is 17.4 Å². The zero-order valence-corrected chi connectivity index (χ0v) is 19.8. The summed E-state index contributed by atoms with van der Waals surface area (Å²) < 4.78 is 2.27. The molecule has 2 aromatic heterocycles. The number of aryl methyl sites for hydroxylation is 2. The zero-order valence-electron chi connectivity index (χ0n) is 18.1. The lowest BCUT2D eigenvalue weighted by Crippen LogP contribution is -2.27. The summed E-state index contributed by atoms with van der Waals surface area (Å²) in [5, 5.41) is 5.39. The number of carbonyl (C=O) groups is 1. The highest BCUT2D eigenvalue weighted by molar-refractivity contribution is 7.99. The molecule has 0 fully saturated rings. The van der Waals surface area contributed by atoms with E-state index in [4.69, 9.17) is 4.98 Å². The number of hydrogen-bond acceptors (Lipinski definition) is 5. The third-order valence-electron chi connectivity index (χ3n) is 5.41. The Morgan fingerprint density at radius 1 is 1.09 bits per heavy atom. The Balaban J connectivity index is 1.48. The van der Waals surface area contributed by atoms with Gasteiger partial charge in [0.2, 0.25) is 5.91 Å². The van der Waals surface area contributed by atoms with E-state index in [9.17, 15) is 9.59 Å². The number of rotatable bonds is 8. The second-order valence-corrected chi connectivity index (χ2v) is 9.48. The largest absolute Gasteiger partial charge is 0.355 e. The van der Waals surface area contributed by atoms with Crippen molar-refractivity contribution >= 4 is 39.2 Å². The van der Waals surface area contributed by atoms with Crippen LogP contribution in [0.15, 0.2) is 69.9 Å². The van der Waals surface area contributed by atoms with Crippen molar-refractivity contribution in [1.29, 1.82) is 0 Å². The van der Waals surface area contributed by atoms with Crippen LogP contribution in [0.4, 0.5) is 0 Å². The number of hydrogen-bond donors (Lipinski definition) is 1. The number of benzene rings is 2. The van der Waals surface area contributed by atoms with Crippen molar-refractivity contribution in [2.75, 3.05) is 12.3 Å². The van der Waals surface area contributed by atoms with Crippen molar-refractivity contribution in [2.45, 2.75) is 31.8 Å². The maximum atomic E-state index is 13.3. The predicted octanol–water partition coefficient (Wildman–Crippen LogP) is 4.91. The molecule has 32 heavy (non-hydrogen) atoms. The van der Waals surface area contributed by atoms with Gasteiger partial charge < -0.3 is 5.32 Å². The summed E-state index contributed by atoms with van der Waals surface area (Å²) >= 11 is 2.69. The third-order valence-corrected chi connectivity index (χ3v) is 7.24. The van der Waals surface area contributed by atoms with Crippen LogP contribution >= 0.6 is 23.1 Å². The van der Waals surface area contributed by atoms with Crippen LogP contribution in [0, 0.1) is 13.8 Å². The SMILES string of the molecule is Cc1cccc(-n2c(SCC(=O)NCCCc3ccccc3)nc3ccsc3c2=O)c1C. The van der Waals surface area contributed by atoms with E-state index in [-0.39, 0.29) is 17.2 Å². The summed E-state index contributed by atoms with van der Waals surface area (Å²) in [6, 6.07) is 18.0. The van der Waals surface area contributed by atoms with Gasteiger partial charge in [-0.05, 0) is 60.9 Å². The molecule has 2 aromatic carbocycles. The molecule has 0 saturated carbocycles. The first kappa shape index (κ1) is 22.3. The molecule has 164 valence electrons. The predicted molar refractivity (Wildman–Crippen MR) is 133 cm³/mol. The van der Waals surface area contributed by atoms with Gasteiger partial charge in [0.05, 0.1) is 17.0 Å². The standard InChI is InChI=1S/C25H25N3O2S2/c1-17-8-6-12-21(18(17)2)28-24(30)23-20(13-15-31-23)27-25(28)32-16-22(29)26-14-7-11-19-9-4-3-5-10-19/h3-6,8-10,12-13,15H,7,11,14,16H2,1-2H3,(H,26,29). The average molecular weight is 464 g/mol. The van der Waals surface area contributed by atoms with Crippen molar-refractivity contribution in [2.24, 2.45) is 0 Å². The number of thiophene rings is 1. The van der Waals surface area contributed by atoms with Gasteiger partial charge >= 0.3 is 0 Å². The molecule has 0 radical (unpaired) electrons. The Morgan fingerprint density at radius 3 is 2.72 bits per heavy atom. The molecule has 0 aliphatic carbocycles. The van der Waals surface area contributed by atoms with Crippen LogP contribution in [-0.2, 0) is 11.2 Å². The molecule has 5 nitrogen and oxygen atoms in total. The van der Waals surface area contributed by atoms with Gasteiger partial charge in [-0.2, -0.15) is 0 Å². The van der Waals surface area contributed by atoms with Crippen molar-refractivity contribution in [3.8, 4) is 5.69 Å². The van der Waals surface area contributed by atoms with Gasteiger partial charge in [-0.1, -0.05) is 54.2 Å². The number of nitrogens with zero attached hydrogens (tertiary/aromatic N) is 2. The van der Waals surface area contributed by atoms with E-state index in [0.29, 0.717) is 21.9 Å². The van der Waals surface area contributed by atoms with Gasteiger partial charge in [0.15, 0.2) is 5.16 Å². The summed E-state index contributed by atoms with van der Waals surface area (Å²) in [5.41, 5.74) is 4.79. The molecule has 0 spiro atoms. The van der Waals surface area contributed by atoms with Crippen LogP contribution in [-0.4, -0.2) is 27.8 Å². The topological polar surface area (TPSA) is 64.0 Å². The number of nitrogens with one attached hydrogen (secondary N) is 1. The second kappa shape index (κ2) is 10.1. The molecule has 0 unspecified atom stereocenters. The van der Waals surface area contributed by atoms with Gasteiger partial charge in [-0.15, -0.1) is 11.3 Å². The van der Waals surface area contributed by atoms with Crippen molar-refractivity contribution in [3.05, 3.63) is 87.0 Å². The van der Waals surface area contributed by atoms with Gasteiger partial charge in [0.25, 0.3) is 5.56 Å². The van der Waals surface area contributed by atoms with Crippen LogP contribution in [0.2, 0.25) is 0 Å². The molecular weight excluding hydrogens is 438 g/mol. The Bertz CT molecular complexity index is 1300. The first-order valence-electron chi connectivity index (χ1n) is 10.5. The monoisotopic (exact) mass is 463 g/mol. The Kier molecular flexibility index (Phi) is 7.07. The fourth-order valence-electron chi connectivity index (χ4n) is 3.53. The first-order chi connectivity index (χ1) is 15.5. The molecule has 1 N–H and O–H groups in total.